The van der Waals surface area contributed by atoms with Crippen LogP contribution in [0.5, 0.6) is 0 Å². The minimum absolute atomic E-state index is 0.0858. The van der Waals surface area contributed by atoms with Crippen LogP contribution in [0.2, 0.25) is 0 Å². The van der Waals surface area contributed by atoms with Gasteiger partial charge in [-0.25, -0.2) is 4.98 Å². The molecule has 1 fully saturated rings. The van der Waals surface area contributed by atoms with Crippen molar-refractivity contribution in [1.82, 2.24) is 15.2 Å². The molecule has 0 radical (unpaired) electrons. The van der Waals surface area contributed by atoms with E-state index in [-0.39, 0.29) is 11.9 Å². The summed E-state index contributed by atoms with van der Waals surface area (Å²) >= 11 is 0. The van der Waals surface area contributed by atoms with E-state index >= 15 is 0 Å². The van der Waals surface area contributed by atoms with E-state index in [0.29, 0.717) is 5.69 Å². The minimum Gasteiger partial charge on any atom is -0.347 e. The number of carbonyl (C=O) groups is 1. The zero-order valence-corrected chi connectivity index (χ0v) is 14.1. The van der Waals surface area contributed by atoms with Crippen molar-refractivity contribution in [3.63, 3.8) is 0 Å². The molecule has 4 rings (SSSR count). The molecule has 1 amide bonds. The number of nitrogens with zero attached hydrogens (tertiary/aromatic N) is 2. The van der Waals surface area contributed by atoms with Crippen LogP contribution in [-0.2, 0) is 6.54 Å². The molecule has 2 heterocycles. The van der Waals surface area contributed by atoms with Gasteiger partial charge in [-0.3, -0.25) is 9.69 Å². The van der Waals surface area contributed by atoms with Crippen molar-refractivity contribution in [3.05, 3.63) is 78.0 Å². The molecule has 1 atom stereocenters. The molecule has 0 spiro atoms. The number of nitrogens with one attached hydrogen (secondary N) is 1. The Balaban J connectivity index is 1.37. The summed E-state index contributed by atoms with van der Waals surface area (Å²) in [7, 11) is 0. The Morgan fingerprint density at radius 3 is 2.72 bits per heavy atom. The van der Waals surface area contributed by atoms with Gasteiger partial charge in [0.15, 0.2) is 0 Å². The van der Waals surface area contributed by atoms with Crippen LogP contribution < -0.4 is 5.32 Å². The molecule has 126 valence electrons. The normalized spacial score (nSPS) is 17.7. The largest absolute Gasteiger partial charge is 0.347 e. The highest BCUT2D eigenvalue weighted by molar-refractivity contribution is 5.95. The second-order valence-corrected chi connectivity index (χ2v) is 6.57. The molecule has 3 aromatic rings. The van der Waals surface area contributed by atoms with Gasteiger partial charge in [0, 0.05) is 31.1 Å². The highest BCUT2D eigenvalue weighted by atomic mass is 16.1. The molecule has 1 unspecified atom stereocenters. The van der Waals surface area contributed by atoms with Crippen molar-refractivity contribution in [1.29, 1.82) is 0 Å². The van der Waals surface area contributed by atoms with E-state index in [2.05, 4.69) is 39.5 Å². The molecule has 1 N–H and O–H groups in total. The summed E-state index contributed by atoms with van der Waals surface area (Å²) in [5, 5.41) is 4.18. The number of rotatable bonds is 4. The molecular formula is C21H21N3O. The number of benzene rings is 2. The van der Waals surface area contributed by atoms with E-state index in [1.807, 2.05) is 36.4 Å². The van der Waals surface area contributed by atoms with Gasteiger partial charge < -0.3 is 5.32 Å². The number of aromatic nitrogens is 1. The molecule has 1 saturated heterocycles. The highest BCUT2D eigenvalue weighted by Gasteiger charge is 2.24. The second kappa shape index (κ2) is 7.03. The average Bonchev–Trinajstić information content (AvgIpc) is 3.09. The van der Waals surface area contributed by atoms with Crippen LogP contribution in [0.1, 0.15) is 22.5 Å². The Labute approximate surface area is 147 Å². The smallest absolute Gasteiger partial charge is 0.270 e. The van der Waals surface area contributed by atoms with Crippen molar-refractivity contribution < 1.29 is 4.79 Å². The van der Waals surface area contributed by atoms with Crippen LogP contribution >= 0.6 is 0 Å². The van der Waals surface area contributed by atoms with Crippen LogP contribution in [0.4, 0.5) is 0 Å². The fourth-order valence-electron chi connectivity index (χ4n) is 3.39. The lowest BCUT2D eigenvalue weighted by Crippen LogP contribution is -2.37. The summed E-state index contributed by atoms with van der Waals surface area (Å²) in [6.07, 6.45) is 0.978. The molecule has 1 aliphatic rings. The lowest BCUT2D eigenvalue weighted by atomic mass is 10.2. The fraction of sp³-hybridized carbons (Fsp3) is 0.238. The van der Waals surface area contributed by atoms with Crippen LogP contribution in [0.3, 0.4) is 0 Å². The van der Waals surface area contributed by atoms with E-state index in [0.717, 1.165) is 37.0 Å². The maximum absolute atomic E-state index is 12.5. The molecule has 4 heteroatoms. The van der Waals surface area contributed by atoms with Crippen LogP contribution in [0.15, 0.2) is 66.7 Å². The van der Waals surface area contributed by atoms with Gasteiger partial charge in [0.2, 0.25) is 0 Å². The number of carbonyl (C=O) groups excluding carboxylic acids is 1. The monoisotopic (exact) mass is 331 g/mol. The SMILES string of the molecule is O=C(NC1CCN(Cc2ccccc2)C1)c1ccc2ccccc2n1. The average molecular weight is 331 g/mol. The molecule has 0 saturated carbocycles. The zero-order chi connectivity index (χ0) is 17.1. The molecular weight excluding hydrogens is 310 g/mol. The van der Waals surface area contributed by atoms with Gasteiger partial charge in [-0.05, 0) is 24.1 Å². The first kappa shape index (κ1) is 15.8. The molecule has 1 aliphatic heterocycles. The summed E-state index contributed by atoms with van der Waals surface area (Å²) in [5.41, 5.74) is 2.65. The molecule has 2 aromatic carbocycles. The number of para-hydroxylation sites is 1. The third-order valence-corrected chi connectivity index (χ3v) is 4.69. The summed E-state index contributed by atoms with van der Waals surface area (Å²) < 4.78 is 0. The zero-order valence-electron chi connectivity index (χ0n) is 14.1. The molecule has 1 aromatic heterocycles. The topological polar surface area (TPSA) is 45.2 Å². The first-order valence-electron chi connectivity index (χ1n) is 8.71. The van der Waals surface area contributed by atoms with Gasteiger partial charge >= 0.3 is 0 Å². The second-order valence-electron chi connectivity index (χ2n) is 6.57. The van der Waals surface area contributed by atoms with E-state index < -0.39 is 0 Å². The first-order chi connectivity index (χ1) is 12.3. The summed E-state index contributed by atoms with van der Waals surface area (Å²) in [4.78, 5) is 19.4. The predicted octanol–water partition coefficient (Wildman–Crippen LogP) is 3.24. The van der Waals surface area contributed by atoms with Crippen molar-refractivity contribution >= 4 is 16.8 Å². The number of hydrogen-bond donors (Lipinski definition) is 1. The fourth-order valence-corrected chi connectivity index (χ4v) is 3.39. The Morgan fingerprint density at radius 2 is 1.84 bits per heavy atom. The van der Waals surface area contributed by atoms with Crippen molar-refractivity contribution in [2.75, 3.05) is 13.1 Å². The molecule has 4 nitrogen and oxygen atoms in total. The van der Waals surface area contributed by atoms with E-state index in [9.17, 15) is 4.79 Å². The molecule has 0 aliphatic carbocycles. The quantitative estimate of drug-likeness (QED) is 0.798. The van der Waals surface area contributed by atoms with Crippen LogP contribution in [0, 0.1) is 0 Å². The standard InChI is InChI=1S/C21H21N3O/c25-21(20-11-10-17-8-4-5-9-19(17)23-20)22-18-12-13-24(15-18)14-16-6-2-1-3-7-16/h1-11,18H,12-15H2,(H,22,25). The van der Waals surface area contributed by atoms with Crippen molar-refractivity contribution in [3.8, 4) is 0 Å². The van der Waals surface area contributed by atoms with Gasteiger partial charge in [0.1, 0.15) is 5.69 Å². The highest BCUT2D eigenvalue weighted by Crippen LogP contribution is 2.15. The predicted molar refractivity (Wildman–Crippen MR) is 99.3 cm³/mol. The van der Waals surface area contributed by atoms with Crippen molar-refractivity contribution in [2.45, 2.75) is 19.0 Å². The lowest BCUT2D eigenvalue weighted by molar-refractivity contribution is 0.0933. The number of amides is 1. The molecule has 0 bridgehead atoms. The number of hydrogen-bond acceptors (Lipinski definition) is 3. The summed E-state index contributed by atoms with van der Waals surface area (Å²) in [6, 6.07) is 22.2. The van der Waals surface area contributed by atoms with E-state index in [1.165, 1.54) is 5.56 Å². The minimum atomic E-state index is -0.0858. The van der Waals surface area contributed by atoms with E-state index in [4.69, 9.17) is 0 Å². The Kier molecular flexibility index (Phi) is 4.44. The molecule has 25 heavy (non-hydrogen) atoms. The summed E-state index contributed by atoms with van der Waals surface area (Å²) in [6.45, 7) is 2.82. The van der Waals surface area contributed by atoms with Gasteiger partial charge in [-0.2, -0.15) is 0 Å². The van der Waals surface area contributed by atoms with Gasteiger partial charge in [-0.1, -0.05) is 54.6 Å². The van der Waals surface area contributed by atoms with Crippen LogP contribution in [-0.4, -0.2) is 34.9 Å². The van der Waals surface area contributed by atoms with Crippen molar-refractivity contribution in [2.24, 2.45) is 0 Å². The number of likely N-dealkylation sites (tertiary alicyclic amines) is 1. The Morgan fingerprint density at radius 1 is 1.04 bits per heavy atom. The maximum atomic E-state index is 12.5. The number of fused-ring (bicyclic) bond motifs is 1. The third-order valence-electron chi connectivity index (χ3n) is 4.69. The lowest BCUT2D eigenvalue weighted by Gasteiger charge is -2.16. The maximum Gasteiger partial charge on any atom is 0.270 e. The first-order valence-corrected chi connectivity index (χ1v) is 8.71. The Hall–Kier alpha value is -2.72. The third kappa shape index (κ3) is 3.69. The Bertz CT molecular complexity index is 878. The summed E-state index contributed by atoms with van der Waals surface area (Å²) in [5.74, 6) is -0.0858. The van der Waals surface area contributed by atoms with Gasteiger partial charge in [0.25, 0.3) is 5.91 Å². The van der Waals surface area contributed by atoms with Gasteiger partial charge in [-0.15, -0.1) is 0 Å². The van der Waals surface area contributed by atoms with Gasteiger partial charge in [0.05, 0.1) is 5.52 Å². The van der Waals surface area contributed by atoms with E-state index in [1.54, 1.807) is 6.07 Å². The number of pyridine rings is 1. The van der Waals surface area contributed by atoms with Crippen LogP contribution in [0.25, 0.3) is 10.9 Å².